The standard InChI is InChI=1S/C12H19N3O2S/c1-2-6-17-7-4-11(16)15-12-14-9-3-5-13-8-10(9)18-12/h13H,2-8H2,1H3,(H,14,15,16). The molecule has 5 nitrogen and oxygen atoms in total. The summed E-state index contributed by atoms with van der Waals surface area (Å²) in [7, 11) is 0. The Kier molecular flexibility index (Phi) is 5.10. The van der Waals surface area contributed by atoms with Crippen molar-refractivity contribution in [2.75, 3.05) is 25.1 Å². The van der Waals surface area contributed by atoms with Gasteiger partial charge in [0.2, 0.25) is 5.91 Å². The summed E-state index contributed by atoms with van der Waals surface area (Å²) in [5.74, 6) is -0.0230. The van der Waals surface area contributed by atoms with Gasteiger partial charge in [0, 0.05) is 31.0 Å². The Balaban J connectivity index is 1.78. The van der Waals surface area contributed by atoms with Gasteiger partial charge in [-0.2, -0.15) is 0 Å². The van der Waals surface area contributed by atoms with Gasteiger partial charge < -0.3 is 15.4 Å². The minimum absolute atomic E-state index is 0.0230. The minimum atomic E-state index is -0.0230. The van der Waals surface area contributed by atoms with Crippen molar-refractivity contribution in [3.8, 4) is 0 Å². The molecule has 1 aromatic rings. The first-order valence-electron chi connectivity index (χ1n) is 6.36. The molecule has 1 aliphatic rings. The number of fused-ring (bicyclic) bond motifs is 1. The third-order valence-corrected chi connectivity index (χ3v) is 3.68. The molecule has 0 radical (unpaired) electrons. The Bertz CT molecular complexity index is 383. The Hall–Kier alpha value is -0.980. The van der Waals surface area contributed by atoms with Crippen LogP contribution in [0, 0.1) is 0 Å². The molecule has 0 atom stereocenters. The predicted molar refractivity (Wildman–Crippen MR) is 71.9 cm³/mol. The summed E-state index contributed by atoms with van der Waals surface area (Å²) >= 11 is 1.56. The summed E-state index contributed by atoms with van der Waals surface area (Å²) in [6, 6.07) is 0. The van der Waals surface area contributed by atoms with Gasteiger partial charge in [0.1, 0.15) is 0 Å². The van der Waals surface area contributed by atoms with Crippen LogP contribution >= 0.6 is 11.3 Å². The van der Waals surface area contributed by atoms with Gasteiger partial charge in [0.15, 0.2) is 5.13 Å². The van der Waals surface area contributed by atoms with E-state index in [0.29, 0.717) is 24.8 Å². The molecule has 100 valence electrons. The lowest BCUT2D eigenvalue weighted by molar-refractivity contribution is -0.117. The molecular formula is C12H19N3O2S. The molecule has 0 saturated heterocycles. The molecule has 0 unspecified atom stereocenters. The zero-order chi connectivity index (χ0) is 12.8. The SMILES string of the molecule is CCCOCCC(=O)Nc1nc2c(s1)CNCC2. The van der Waals surface area contributed by atoms with Crippen LogP contribution in [0.3, 0.4) is 0 Å². The van der Waals surface area contributed by atoms with Gasteiger partial charge in [-0.1, -0.05) is 6.92 Å². The first kappa shape index (κ1) is 13.5. The molecule has 0 bridgehead atoms. The van der Waals surface area contributed by atoms with Gasteiger partial charge >= 0.3 is 0 Å². The number of ether oxygens (including phenoxy) is 1. The number of carbonyl (C=O) groups is 1. The number of nitrogens with one attached hydrogen (secondary N) is 2. The third-order valence-electron chi connectivity index (χ3n) is 2.67. The molecule has 1 amide bonds. The number of amides is 1. The van der Waals surface area contributed by atoms with Gasteiger partial charge in [-0.05, 0) is 6.42 Å². The number of rotatable bonds is 6. The summed E-state index contributed by atoms with van der Waals surface area (Å²) in [5, 5.41) is 6.84. The lowest BCUT2D eigenvalue weighted by Crippen LogP contribution is -2.22. The second kappa shape index (κ2) is 6.82. The zero-order valence-corrected chi connectivity index (χ0v) is 11.4. The Morgan fingerprint density at radius 3 is 3.22 bits per heavy atom. The van der Waals surface area contributed by atoms with E-state index >= 15 is 0 Å². The van der Waals surface area contributed by atoms with Gasteiger partial charge in [-0.3, -0.25) is 4.79 Å². The molecule has 2 rings (SSSR count). The quantitative estimate of drug-likeness (QED) is 0.769. The van der Waals surface area contributed by atoms with E-state index < -0.39 is 0 Å². The first-order valence-corrected chi connectivity index (χ1v) is 7.18. The average molecular weight is 269 g/mol. The van der Waals surface area contributed by atoms with Crippen molar-refractivity contribution in [3.05, 3.63) is 10.6 Å². The van der Waals surface area contributed by atoms with Gasteiger partial charge in [0.25, 0.3) is 0 Å². The maximum atomic E-state index is 11.6. The van der Waals surface area contributed by atoms with Crippen molar-refractivity contribution in [2.45, 2.75) is 32.7 Å². The van der Waals surface area contributed by atoms with Crippen LogP contribution in [0.15, 0.2) is 0 Å². The molecule has 2 heterocycles. The van der Waals surface area contributed by atoms with E-state index in [1.165, 1.54) is 4.88 Å². The van der Waals surface area contributed by atoms with Crippen LogP contribution in [-0.2, 0) is 22.5 Å². The molecular weight excluding hydrogens is 250 g/mol. The summed E-state index contributed by atoms with van der Waals surface area (Å²) < 4.78 is 5.28. The molecule has 2 N–H and O–H groups in total. The zero-order valence-electron chi connectivity index (χ0n) is 10.6. The van der Waals surface area contributed by atoms with Crippen molar-refractivity contribution < 1.29 is 9.53 Å². The maximum Gasteiger partial charge on any atom is 0.228 e. The van der Waals surface area contributed by atoms with E-state index in [2.05, 4.69) is 15.6 Å². The monoisotopic (exact) mass is 269 g/mol. The van der Waals surface area contributed by atoms with E-state index in [1.54, 1.807) is 11.3 Å². The molecule has 1 aliphatic heterocycles. The molecule has 0 aliphatic carbocycles. The van der Waals surface area contributed by atoms with Gasteiger partial charge in [-0.15, -0.1) is 11.3 Å². The molecule has 18 heavy (non-hydrogen) atoms. The van der Waals surface area contributed by atoms with Crippen LogP contribution in [0.4, 0.5) is 5.13 Å². The molecule has 0 fully saturated rings. The molecule has 0 spiro atoms. The van der Waals surface area contributed by atoms with Crippen LogP contribution < -0.4 is 10.6 Å². The average Bonchev–Trinajstić information content (AvgIpc) is 2.76. The Morgan fingerprint density at radius 2 is 2.44 bits per heavy atom. The van der Waals surface area contributed by atoms with Gasteiger partial charge in [0.05, 0.1) is 18.7 Å². The highest BCUT2D eigenvalue weighted by Gasteiger charge is 2.15. The maximum absolute atomic E-state index is 11.6. The lowest BCUT2D eigenvalue weighted by atomic mass is 10.2. The topological polar surface area (TPSA) is 63.2 Å². The lowest BCUT2D eigenvalue weighted by Gasteiger charge is -2.09. The highest BCUT2D eigenvalue weighted by molar-refractivity contribution is 7.15. The molecule has 0 aromatic carbocycles. The van der Waals surface area contributed by atoms with Crippen molar-refractivity contribution >= 4 is 22.4 Å². The smallest absolute Gasteiger partial charge is 0.228 e. The van der Waals surface area contributed by atoms with Crippen LogP contribution in [0.2, 0.25) is 0 Å². The fourth-order valence-corrected chi connectivity index (χ4v) is 2.77. The highest BCUT2D eigenvalue weighted by atomic mass is 32.1. The number of aromatic nitrogens is 1. The normalized spacial score (nSPS) is 14.3. The van der Waals surface area contributed by atoms with Crippen LogP contribution in [0.25, 0.3) is 0 Å². The second-order valence-corrected chi connectivity index (χ2v) is 5.31. The van der Waals surface area contributed by atoms with E-state index in [4.69, 9.17) is 4.74 Å². The van der Waals surface area contributed by atoms with Crippen LogP contribution in [-0.4, -0.2) is 30.6 Å². The fraction of sp³-hybridized carbons (Fsp3) is 0.667. The second-order valence-electron chi connectivity index (χ2n) is 4.23. The predicted octanol–water partition coefficient (Wildman–Crippen LogP) is 1.54. The van der Waals surface area contributed by atoms with Crippen LogP contribution in [0.1, 0.15) is 30.3 Å². The minimum Gasteiger partial charge on any atom is -0.381 e. The van der Waals surface area contributed by atoms with Crippen molar-refractivity contribution in [3.63, 3.8) is 0 Å². The molecule has 0 saturated carbocycles. The fourth-order valence-electron chi connectivity index (χ4n) is 1.77. The van der Waals surface area contributed by atoms with Crippen molar-refractivity contribution in [1.29, 1.82) is 0 Å². The largest absolute Gasteiger partial charge is 0.381 e. The van der Waals surface area contributed by atoms with E-state index in [-0.39, 0.29) is 5.91 Å². The number of nitrogens with zero attached hydrogens (tertiary/aromatic N) is 1. The van der Waals surface area contributed by atoms with Gasteiger partial charge in [-0.25, -0.2) is 4.98 Å². The summed E-state index contributed by atoms with van der Waals surface area (Å²) in [5.41, 5.74) is 1.12. The number of anilines is 1. The molecule has 6 heteroatoms. The molecule has 1 aromatic heterocycles. The van der Waals surface area contributed by atoms with E-state index in [1.807, 2.05) is 6.92 Å². The summed E-state index contributed by atoms with van der Waals surface area (Å²) in [4.78, 5) is 17.3. The summed E-state index contributed by atoms with van der Waals surface area (Å²) in [6.07, 6.45) is 2.32. The van der Waals surface area contributed by atoms with Crippen molar-refractivity contribution in [1.82, 2.24) is 10.3 Å². The number of hydrogen-bond donors (Lipinski definition) is 2. The summed E-state index contributed by atoms with van der Waals surface area (Å²) in [6.45, 7) is 5.07. The Labute approximate surface area is 111 Å². The van der Waals surface area contributed by atoms with Crippen LogP contribution in [0.5, 0.6) is 0 Å². The van der Waals surface area contributed by atoms with E-state index in [0.717, 1.165) is 31.6 Å². The Morgan fingerprint density at radius 1 is 1.56 bits per heavy atom. The van der Waals surface area contributed by atoms with Crippen molar-refractivity contribution in [2.24, 2.45) is 0 Å². The first-order chi connectivity index (χ1) is 8.79. The third kappa shape index (κ3) is 3.76. The van der Waals surface area contributed by atoms with E-state index in [9.17, 15) is 4.79 Å². The highest BCUT2D eigenvalue weighted by Crippen LogP contribution is 2.25. The number of hydrogen-bond acceptors (Lipinski definition) is 5. The number of carbonyl (C=O) groups excluding carboxylic acids is 1. The number of thiazole rings is 1.